The summed E-state index contributed by atoms with van der Waals surface area (Å²) in [7, 11) is 0. The van der Waals surface area contributed by atoms with Crippen LogP contribution in [0.5, 0.6) is 23.0 Å². The fourth-order valence-corrected chi connectivity index (χ4v) is 5.26. The number of ketones is 1. The first kappa shape index (κ1) is 22.4. The van der Waals surface area contributed by atoms with E-state index in [0.29, 0.717) is 39.7 Å². The Morgan fingerprint density at radius 3 is 1.92 bits per heavy atom. The Kier molecular flexibility index (Phi) is 5.09. The first-order valence-corrected chi connectivity index (χ1v) is 12.3. The molecule has 0 amide bonds. The molecule has 3 aliphatic rings. The minimum Gasteiger partial charge on any atom is -0.454 e. The predicted octanol–water partition coefficient (Wildman–Crippen LogP) is 5.77. The van der Waals surface area contributed by atoms with Crippen LogP contribution in [0, 0.1) is 0 Å². The van der Waals surface area contributed by atoms with Gasteiger partial charge < -0.3 is 24.1 Å². The summed E-state index contributed by atoms with van der Waals surface area (Å²) in [6.45, 7) is 0.211. The quantitative estimate of drug-likeness (QED) is 0.350. The third-order valence-corrected chi connectivity index (χ3v) is 7.08. The SMILES string of the molecule is O=C(C1=C(c2ccccc2)C(c2ccccc2)=CC1(O)c1ccc2c(c1)OCO2)c1ccc2c(c1)OCO2. The third kappa shape index (κ3) is 3.49. The van der Waals surface area contributed by atoms with Crippen LogP contribution in [0.25, 0.3) is 11.1 Å². The van der Waals surface area contributed by atoms with E-state index in [0.717, 1.165) is 16.7 Å². The van der Waals surface area contributed by atoms with E-state index in [9.17, 15) is 9.90 Å². The van der Waals surface area contributed by atoms with Crippen molar-refractivity contribution in [1.29, 1.82) is 0 Å². The lowest BCUT2D eigenvalue weighted by molar-refractivity contribution is 0.0903. The van der Waals surface area contributed by atoms with Gasteiger partial charge in [0.25, 0.3) is 0 Å². The molecule has 0 bridgehead atoms. The molecule has 0 aromatic heterocycles. The first-order chi connectivity index (χ1) is 18.6. The zero-order valence-corrected chi connectivity index (χ0v) is 20.2. The molecule has 186 valence electrons. The molecule has 7 rings (SSSR count). The lowest BCUT2D eigenvalue weighted by atomic mass is 9.82. The van der Waals surface area contributed by atoms with Crippen LogP contribution in [0.1, 0.15) is 27.0 Å². The van der Waals surface area contributed by atoms with Crippen molar-refractivity contribution in [2.24, 2.45) is 0 Å². The fraction of sp³-hybridized carbons (Fsp3) is 0.0938. The van der Waals surface area contributed by atoms with E-state index in [2.05, 4.69) is 0 Å². The zero-order valence-electron chi connectivity index (χ0n) is 20.2. The minimum atomic E-state index is -1.75. The molecule has 6 heteroatoms. The Morgan fingerprint density at radius 2 is 1.24 bits per heavy atom. The Balaban J connectivity index is 1.50. The second-order valence-electron chi connectivity index (χ2n) is 9.27. The summed E-state index contributed by atoms with van der Waals surface area (Å²) < 4.78 is 22.1. The largest absolute Gasteiger partial charge is 0.454 e. The number of carbonyl (C=O) groups excluding carboxylic acids is 1. The summed E-state index contributed by atoms with van der Waals surface area (Å²) in [5.74, 6) is 1.88. The summed E-state index contributed by atoms with van der Waals surface area (Å²) in [6, 6.07) is 29.8. The molecule has 2 heterocycles. The Hall–Kier alpha value is -4.81. The van der Waals surface area contributed by atoms with Crippen LogP contribution in [0.2, 0.25) is 0 Å². The van der Waals surface area contributed by atoms with Crippen molar-refractivity contribution in [2.75, 3.05) is 13.6 Å². The van der Waals surface area contributed by atoms with Crippen molar-refractivity contribution in [1.82, 2.24) is 0 Å². The van der Waals surface area contributed by atoms with Gasteiger partial charge in [-0.15, -0.1) is 0 Å². The lowest BCUT2D eigenvalue weighted by Gasteiger charge is -2.26. The second-order valence-corrected chi connectivity index (χ2v) is 9.27. The van der Waals surface area contributed by atoms with E-state index < -0.39 is 5.60 Å². The third-order valence-electron chi connectivity index (χ3n) is 7.08. The van der Waals surface area contributed by atoms with Crippen LogP contribution in [0.4, 0.5) is 0 Å². The number of allylic oxidation sites excluding steroid dienone is 2. The van der Waals surface area contributed by atoms with Crippen molar-refractivity contribution in [3.05, 3.63) is 131 Å². The second kappa shape index (κ2) is 8.64. The van der Waals surface area contributed by atoms with Gasteiger partial charge in [-0.05, 0) is 58.7 Å². The van der Waals surface area contributed by atoms with Gasteiger partial charge in [0.1, 0.15) is 5.60 Å². The first-order valence-electron chi connectivity index (χ1n) is 12.3. The highest BCUT2D eigenvalue weighted by Crippen LogP contribution is 2.52. The maximum Gasteiger partial charge on any atom is 0.231 e. The van der Waals surface area contributed by atoms with E-state index in [1.807, 2.05) is 60.7 Å². The van der Waals surface area contributed by atoms with E-state index in [1.165, 1.54) is 0 Å². The van der Waals surface area contributed by atoms with Gasteiger partial charge in [0.15, 0.2) is 28.8 Å². The zero-order chi connectivity index (χ0) is 25.7. The van der Waals surface area contributed by atoms with Gasteiger partial charge in [0.2, 0.25) is 13.6 Å². The van der Waals surface area contributed by atoms with Gasteiger partial charge >= 0.3 is 0 Å². The van der Waals surface area contributed by atoms with Crippen LogP contribution >= 0.6 is 0 Å². The number of hydrogen-bond donors (Lipinski definition) is 1. The molecular weight excluding hydrogens is 480 g/mol. The van der Waals surface area contributed by atoms with Crippen LogP contribution in [0.3, 0.4) is 0 Å². The molecule has 2 aliphatic heterocycles. The van der Waals surface area contributed by atoms with Crippen molar-refractivity contribution in [2.45, 2.75) is 5.60 Å². The van der Waals surface area contributed by atoms with Crippen molar-refractivity contribution >= 4 is 16.9 Å². The van der Waals surface area contributed by atoms with Crippen LogP contribution in [-0.2, 0) is 5.60 Å². The number of benzene rings is 4. The molecule has 0 spiro atoms. The molecule has 6 nitrogen and oxygen atoms in total. The molecule has 4 aromatic rings. The lowest BCUT2D eigenvalue weighted by Crippen LogP contribution is -2.29. The molecule has 38 heavy (non-hydrogen) atoms. The maximum atomic E-state index is 14.4. The van der Waals surface area contributed by atoms with Crippen molar-refractivity contribution < 1.29 is 28.8 Å². The van der Waals surface area contributed by atoms with Gasteiger partial charge in [0.05, 0.1) is 0 Å². The van der Waals surface area contributed by atoms with E-state index in [1.54, 1.807) is 42.5 Å². The predicted molar refractivity (Wildman–Crippen MR) is 141 cm³/mol. The van der Waals surface area contributed by atoms with Crippen LogP contribution < -0.4 is 18.9 Å². The van der Waals surface area contributed by atoms with Crippen LogP contribution in [-0.4, -0.2) is 24.5 Å². The highest BCUT2D eigenvalue weighted by atomic mass is 16.7. The number of aliphatic hydroxyl groups is 1. The summed E-state index contributed by atoms with van der Waals surface area (Å²) in [5.41, 5.74) is 2.54. The molecule has 1 atom stereocenters. The van der Waals surface area contributed by atoms with Crippen molar-refractivity contribution in [3.8, 4) is 23.0 Å². The molecule has 4 aromatic carbocycles. The smallest absolute Gasteiger partial charge is 0.231 e. The summed E-state index contributed by atoms with van der Waals surface area (Å²) in [6.07, 6.45) is 1.77. The van der Waals surface area contributed by atoms with Crippen LogP contribution in [0.15, 0.2) is 109 Å². The molecular formula is C32H22O6. The highest BCUT2D eigenvalue weighted by molar-refractivity contribution is 6.25. The number of hydrogen-bond acceptors (Lipinski definition) is 6. The van der Waals surface area contributed by atoms with Crippen molar-refractivity contribution in [3.63, 3.8) is 0 Å². The normalized spacial score (nSPS) is 19.0. The van der Waals surface area contributed by atoms with Gasteiger partial charge in [-0.1, -0.05) is 66.7 Å². The molecule has 1 aliphatic carbocycles. The molecule has 1 unspecified atom stereocenters. The molecule has 0 fully saturated rings. The molecule has 0 radical (unpaired) electrons. The minimum absolute atomic E-state index is 0.103. The van der Waals surface area contributed by atoms with Gasteiger partial charge in [0, 0.05) is 16.7 Å². The van der Waals surface area contributed by atoms with E-state index >= 15 is 0 Å². The standard InChI is InChI=1S/C32H22O6/c33-31(22-11-13-25-27(15-22)37-18-35-25)30-29(21-9-5-2-6-10-21)24(20-7-3-1-4-8-20)17-32(30,34)23-12-14-26-28(16-23)38-19-36-26/h1-17,34H,18-19H2. The molecule has 1 N–H and O–H groups in total. The maximum absolute atomic E-state index is 14.4. The highest BCUT2D eigenvalue weighted by Gasteiger charge is 2.45. The van der Waals surface area contributed by atoms with E-state index in [4.69, 9.17) is 18.9 Å². The number of Topliss-reactive ketones (excluding diaryl/α,β-unsaturated/α-hetero) is 1. The monoisotopic (exact) mass is 502 g/mol. The Bertz CT molecular complexity index is 1640. The topological polar surface area (TPSA) is 74.2 Å². The van der Waals surface area contributed by atoms with Gasteiger partial charge in [-0.25, -0.2) is 0 Å². The van der Waals surface area contributed by atoms with Gasteiger partial charge in [-0.2, -0.15) is 0 Å². The average Bonchev–Trinajstić information content (AvgIpc) is 3.70. The number of carbonyl (C=O) groups is 1. The van der Waals surface area contributed by atoms with Gasteiger partial charge in [-0.3, -0.25) is 4.79 Å². The number of rotatable bonds is 5. The summed E-state index contributed by atoms with van der Waals surface area (Å²) in [4.78, 5) is 14.4. The summed E-state index contributed by atoms with van der Waals surface area (Å²) >= 11 is 0. The fourth-order valence-electron chi connectivity index (χ4n) is 5.26. The Morgan fingerprint density at radius 1 is 0.658 bits per heavy atom. The average molecular weight is 503 g/mol. The Labute approximate surface area is 219 Å². The number of fused-ring (bicyclic) bond motifs is 2. The summed E-state index contributed by atoms with van der Waals surface area (Å²) in [5, 5.41) is 12.5. The van der Waals surface area contributed by atoms with E-state index in [-0.39, 0.29) is 24.9 Å². The molecule has 0 saturated carbocycles. The number of ether oxygens (including phenoxy) is 4. The molecule has 0 saturated heterocycles.